The molecule has 0 saturated carbocycles. The van der Waals surface area contributed by atoms with Crippen LogP contribution in [0.4, 0.5) is 9.59 Å². The Labute approximate surface area is 500 Å². The number of carbonyl (C=O) groups is 7. The summed E-state index contributed by atoms with van der Waals surface area (Å²) in [5.74, 6) is -5.40. The summed E-state index contributed by atoms with van der Waals surface area (Å²) in [6, 6.07) is 66.4. The molecule has 438 valence electrons. The van der Waals surface area contributed by atoms with Crippen LogP contribution in [0.15, 0.2) is 218 Å². The molecular formula is C72H69N3O11. The van der Waals surface area contributed by atoms with Crippen molar-refractivity contribution < 1.29 is 53.2 Å². The minimum absolute atomic E-state index is 0.0960. The van der Waals surface area contributed by atoms with Crippen molar-refractivity contribution in [3.05, 3.63) is 263 Å². The highest BCUT2D eigenvalue weighted by atomic mass is 16.6. The van der Waals surface area contributed by atoms with Crippen molar-refractivity contribution in [2.45, 2.75) is 81.8 Å². The van der Waals surface area contributed by atoms with E-state index in [0.29, 0.717) is 0 Å². The third kappa shape index (κ3) is 15.8. The Hall–Kier alpha value is -9.95. The Morgan fingerprint density at radius 2 is 0.674 bits per heavy atom. The molecule has 8 aromatic carbocycles. The van der Waals surface area contributed by atoms with Crippen molar-refractivity contribution in [1.29, 1.82) is 0 Å². The van der Waals surface area contributed by atoms with Gasteiger partial charge >= 0.3 is 24.1 Å². The van der Waals surface area contributed by atoms with Gasteiger partial charge in [-0.1, -0.05) is 225 Å². The zero-order chi connectivity index (χ0) is 60.4. The smallest absolute Gasteiger partial charge is 0.407 e. The summed E-state index contributed by atoms with van der Waals surface area (Å²) < 4.78 is 11.4. The van der Waals surface area contributed by atoms with Gasteiger partial charge in [-0.25, -0.2) is 14.4 Å². The lowest BCUT2D eigenvalue weighted by molar-refractivity contribution is -0.144. The number of nitrogens with one attached hydrogen (secondary N) is 3. The number of Topliss-reactive ketones (excluding diaryl/α,β-unsaturated/α-hetero) is 2. The van der Waals surface area contributed by atoms with Crippen molar-refractivity contribution in [2.75, 3.05) is 13.2 Å². The van der Waals surface area contributed by atoms with Crippen molar-refractivity contribution in [3.8, 4) is 22.3 Å². The van der Waals surface area contributed by atoms with Gasteiger partial charge in [0.2, 0.25) is 5.91 Å². The molecule has 86 heavy (non-hydrogen) atoms. The lowest BCUT2D eigenvalue weighted by atomic mass is 9.89. The molecule has 5 N–H and O–H groups in total. The lowest BCUT2D eigenvalue weighted by Crippen LogP contribution is -2.47. The number of benzene rings is 8. The van der Waals surface area contributed by atoms with Gasteiger partial charge in [0.15, 0.2) is 11.6 Å². The molecule has 0 saturated heterocycles. The number of rotatable bonds is 25. The molecular weight excluding hydrogens is 1080 g/mol. The second-order valence-electron chi connectivity index (χ2n) is 21.7. The quantitative estimate of drug-likeness (QED) is 0.0363. The minimum Gasteiger partial charge on any atom is -0.481 e. The standard InChI is InChI=1S/C38H38N2O6.C34H31NO5/c1-2-33(37(43)44)39-36(42)27(21-25-13-5-3-6-14-25)23-35(41)34(22-26-15-7-4-8-16-26)40-38(45)46-24-32-30-19-11-9-17-28(30)29-18-10-12-20-31(29)32;36-32(21-25(33(37)38)19-23-11-3-1-4-12-23)31(20-24-13-5-2-6-14-24)35-34(39)40-22-30-28-17-9-7-15-26(28)27-16-8-10-18-29(27)30/h3-20,27,32-34H,2,21-24H2,1H3,(H,39,42)(H,40,45)(H,43,44);1-18,25,30-31H,19-22H2,(H,35,39)(H,37,38)/t27-,33+,34+;25-,31+/m11/s1. The number of carboxylic acids is 2. The van der Waals surface area contributed by atoms with Crippen molar-refractivity contribution in [2.24, 2.45) is 11.8 Å². The first kappa shape index (κ1) is 60.6. The molecule has 8 aromatic rings. The number of ether oxygens (including phenoxy) is 2. The maximum Gasteiger partial charge on any atom is 0.407 e. The van der Waals surface area contributed by atoms with Gasteiger partial charge in [0.05, 0.1) is 18.0 Å². The van der Waals surface area contributed by atoms with E-state index in [9.17, 15) is 43.8 Å². The Morgan fingerprint density at radius 3 is 1.00 bits per heavy atom. The molecule has 0 bridgehead atoms. The van der Waals surface area contributed by atoms with E-state index < -0.39 is 60.0 Å². The zero-order valence-electron chi connectivity index (χ0n) is 47.8. The molecule has 3 amide bonds. The topological polar surface area (TPSA) is 214 Å². The highest BCUT2D eigenvalue weighted by Gasteiger charge is 2.34. The summed E-state index contributed by atoms with van der Waals surface area (Å²) in [6.45, 7) is 1.89. The van der Waals surface area contributed by atoms with Crippen LogP contribution < -0.4 is 16.0 Å². The molecule has 10 rings (SSSR count). The summed E-state index contributed by atoms with van der Waals surface area (Å²) >= 11 is 0. The van der Waals surface area contributed by atoms with E-state index in [1.165, 1.54) is 0 Å². The van der Waals surface area contributed by atoms with E-state index in [2.05, 4.69) is 40.2 Å². The minimum atomic E-state index is -1.14. The molecule has 5 atom stereocenters. The fourth-order valence-electron chi connectivity index (χ4n) is 11.5. The molecule has 2 aliphatic rings. The van der Waals surface area contributed by atoms with Crippen molar-refractivity contribution in [1.82, 2.24) is 16.0 Å². The molecule has 0 aromatic heterocycles. The number of fused-ring (bicyclic) bond motifs is 6. The summed E-state index contributed by atoms with van der Waals surface area (Å²) in [7, 11) is 0. The molecule has 14 nitrogen and oxygen atoms in total. The predicted octanol–water partition coefficient (Wildman–Crippen LogP) is 12.0. The molecule has 0 fully saturated rings. The van der Waals surface area contributed by atoms with Crippen LogP contribution >= 0.6 is 0 Å². The summed E-state index contributed by atoms with van der Waals surface area (Å²) in [5, 5.41) is 27.5. The maximum atomic E-state index is 13.9. The number of aliphatic carboxylic acids is 2. The van der Waals surface area contributed by atoms with Gasteiger partial charge in [-0.05, 0) is 98.9 Å². The fraction of sp³-hybridized carbons (Fsp3) is 0.236. The average molecular weight is 1150 g/mol. The Balaban J connectivity index is 0.000000207. The Kier molecular flexibility index (Phi) is 20.8. The number of amides is 3. The molecule has 2 aliphatic carbocycles. The van der Waals surface area contributed by atoms with Crippen LogP contribution in [0.3, 0.4) is 0 Å². The highest BCUT2D eigenvalue weighted by Crippen LogP contribution is 2.46. The molecule has 14 heteroatoms. The van der Waals surface area contributed by atoms with Gasteiger partial charge in [-0.3, -0.25) is 19.2 Å². The van der Waals surface area contributed by atoms with Crippen molar-refractivity contribution >= 4 is 41.6 Å². The fourth-order valence-corrected chi connectivity index (χ4v) is 11.5. The molecule has 0 radical (unpaired) electrons. The van der Waals surface area contributed by atoms with E-state index >= 15 is 0 Å². The third-order valence-electron chi connectivity index (χ3n) is 15.9. The molecule has 0 spiro atoms. The molecule has 0 unspecified atom stereocenters. The summed E-state index contributed by atoms with van der Waals surface area (Å²) in [4.78, 5) is 90.7. The van der Waals surface area contributed by atoms with Crippen LogP contribution in [0.5, 0.6) is 0 Å². The Bertz CT molecular complexity index is 3540. The lowest BCUT2D eigenvalue weighted by Gasteiger charge is -2.23. The molecule has 0 aliphatic heterocycles. The third-order valence-corrected chi connectivity index (χ3v) is 15.9. The monoisotopic (exact) mass is 1150 g/mol. The first-order valence-corrected chi connectivity index (χ1v) is 29.0. The van der Waals surface area contributed by atoms with Gasteiger partial charge in [-0.15, -0.1) is 0 Å². The first-order chi connectivity index (χ1) is 41.8. The van der Waals surface area contributed by atoms with E-state index in [1.54, 1.807) is 6.92 Å². The normalized spacial score (nSPS) is 13.7. The largest absolute Gasteiger partial charge is 0.481 e. The van der Waals surface area contributed by atoms with Crippen LogP contribution in [0.1, 0.15) is 82.5 Å². The number of hydrogen-bond donors (Lipinski definition) is 5. The second-order valence-corrected chi connectivity index (χ2v) is 21.7. The second kappa shape index (κ2) is 29.5. The number of carboxylic acid groups (broad SMARTS) is 2. The number of ketones is 2. The van der Waals surface area contributed by atoms with Crippen LogP contribution in [0.2, 0.25) is 0 Å². The highest BCUT2D eigenvalue weighted by molar-refractivity contribution is 5.93. The maximum absolute atomic E-state index is 13.9. The number of hydrogen-bond acceptors (Lipinski definition) is 9. The number of alkyl carbamates (subject to hydrolysis) is 2. The van der Waals surface area contributed by atoms with Gasteiger partial charge in [0.25, 0.3) is 0 Å². The van der Waals surface area contributed by atoms with Crippen molar-refractivity contribution in [3.63, 3.8) is 0 Å². The SMILES string of the molecule is CC[C@H](NC(=O)[C@@H](CC(=O)[C@H](Cc1ccccc1)NC(=O)OCC1c2ccccc2-c2ccccc21)Cc1ccccc1)C(=O)O.O=C(N[C@@H](Cc1ccccc1)C(=O)C[C@@H](Cc1ccccc1)C(=O)O)OCC1c2ccccc2-c2ccccc21. The summed E-state index contributed by atoms with van der Waals surface area (Å²) in [6.07, 6.45) is -0.723. The van der Waals surface area contributed by atoms with E-state index in [-0.39, 0.29) is 81.6 Å². The van der Waals surface area contributed by atoms with Gasteiger partial charge in [0.1, 0.15) is 19.3 Å². The van der Waals surface area contributed by atoms with E-state index in [0.717, 1.165) is 66.8 Å². The first-order valence-electron chi connectivity index (χ1n) is 29.0. The van der Waals surface area contributed by atoms with Gasteiger partial charge in [0, 0.05) is 30.6 Å². The van der Waals surface area contributed by atoms with Crippen LogP contribution in [-0.2, 0) is 59.1 Å². The van der Waals surface area contributed by atoms with Gasteiger partial charge < -0.3 is 35.6 Å². The summed E-state index contributed by atoms with van der Waals surface area (Å²) in [5.41, 5.74) is 12.2. The van der Waals surface area contributed by atoms with Gasteiger partial charge in [-0.2, -0.15) is 0 Å². The predicted molar refractivity (Wildman–Crippen MR) is 328 cm³/mol. The molecule has 0 heterocycles. The average Bonchev–Trinajstić information content (AvgIpc) is 1.87. The van der Waals surface area contributed by atoms with Crippen LogP contribution in [0.25, 0.3) is 22.3 Å². The van der Waals surface area contributed by atoms with E-state index in [1.807, 2.05) is 194 Å². The van der Waals surface area contributed by atoms with E-state index in [4.69, 9.17) is 9.47 Å². The number of carbonyl (C=O) groups excluding carboxylic acids is 5. The Morgan fingerprint density at radius 1 is 0.372 bits per heavy atom. The van der Waals surface area contributed by atoms with Crippen LogP contribution in [0, 0.1) is 11.8 Å². The zero-order valence-corrected chi connectivity index (χ0v) is 47.8. The van der Waals surface area contributed by atoms with Crippen LogP contribution in [-0.4, -0.2) is 83.2 Å².